The average molecular weight is 2090 g/mol. The topological polar surface area (TPSA) is 163 Å². The van der Waals surface area contributed by atoms with Gasteiger partial charge in [-0.25, -0.2) is 9.98 Å². The fourth-order valence-corrected chi connectivity index (χ4v) is 9.50. The molecule has 0 radical (unpaired) electrons. The van der Waals surface area contributed by atoms with Crippen LogP contribution < -0.4 is 0 Å². The number of phenolic OH excluding ortho intramolecular Hbond substituents is 5. The number of hydrogen-bond donors (Lipinski definition) is 5. The van der Waals surface area contributed by atoms with Gasteiger partial charge >= 0.3 is 195 Å². The first-order valence-corrected chi connectivity index (χ1v) is 64.1. The molecule has 0 aromatic heterocycles. The van der Waals surface area contributed by atoms with Gasteiger partial charge in [0.05, 0.1) is 45.4 Å². The molecule has 0 aliphatic rings. The Morgan fingerprint density at radius 3 is 0.982 bits per heavy atom. The van der Waals surface area contributed by atoms with Crippen molar-refractivity contribution in [2.24, 2.45) is 25.0 Å². The number of aliphatic imine (C=N–C) groups is 5. The summed E-state index contributed by atoms with van der Waals surface area (Å²) in [4.78, 5) is 22.5. The summed E-state index contributed by atoms with van der Waals surface area (Å²) in [5, 5.41) is 52.2. The van der Waals surface area contributed by atoms with Gasteiger partial charge in [0.15, 0.2) is 0 Å². The molecule has 552 valence electrons. The van der Waals surface area contributed by atoms with E-state index in [1.165, 1.54) is 0 Å². The van der Waals surface area contributed by atoms with E-state index in [-0.39, 0.29) is 62.1 Å². The zero-order chi connectivity index (χ0) is 79.2. The first-order chi connectivity index (χ1) is 53.1. The van der Waals surface area contributed by atoms with Crippen molar-refractivity contribution in [2.45, 2.75) is 20.8 Å². The van der Waals surface area contributed by atoms with Gasteiger partial charge in [-0.1, -0.05) is 231 Å². The van der Waals surface area contributed by atoms with E-state index in [2.05, 4.69) is 93.9 Å². The van der Waals surface area contributed by atoms with Gasteiger partial charge < -0.3 is 25.5 Å². The molecule has 0 saturated carbocycles. The molecule has 0 bridgehead atoms. The van der Waals surface area contributed by atoms with Crippen LogP contribution in [-0.2, 0) is 79.0 Å². The molecule has 0 unspecified atom stereocenters. The molecule has 25 heteroatoms. The fourth-order valence-electron chi connectivity index (χ4n) is 9.50. The first kappa shape index (κ1) is 96.5. The van der Waals surface area contributed by atoms with E-state index in [1.807, 2.05) is 330 Å². The van der Waals surface area contributed by atoms with E-state index >= 15 is 0 Å². The van der Waals surface area contributed by atoms with Crippen molar-refractivity contribution in [3.05, 3.63) is 383 Å². The van der Waals surface area contributed by atoms with E-state index in [0.717, 1.165) is 106 Å². The minimum absolute atomic E-state index is 0.125. The van der Waals surface area contributed by atoms with Crippen molar-refractivity contribution < 1.29 is 104 Å². The fraction of sp³-hybridized carbons (Fsp3) is 0.0357. The van der Waals surface area contributed by atoms with Crippen LogP contribution in [-0.4, -0.2) is 55.6 Å². The van der Waals surface area contributed by atoms with E-state index in [0.29, 0.717) is 11.5 Å². The zero-order valence-electron chi connectivity index (χ0n) is 58.7. The molecular formula is C84H71Br6Cl4N5O5Ti5. The number of benzene rings is 13. The first-order valence-electron chi connectivity index (χ1n) is 32.4. The molecule has 109 heavy (non-hydrogen) atoms. The van der Waals surface area contributed by atoms with Gasteiger partial charge in [-0.15, -0.1) is 0 Å². The molecule has 0 aliphatic carbocycles. The monoisotopic (exact) mass is 2080 g/mol. The van der Waals surface area contributed by atoms with Crippen LogP contribution in [0.15, 0.2) is 353 Å². The number of fused-ring (bicyclic) bond motifs is 1. The van der Waals surface area contributed by atoms with Crippen molar-refractivity contribution in [3.8, 4) is 28.7 Å². The number of phenols is 5. The standard InChI is InChI=1S/C23H17NO.C20H17NO.2C14H13NO.C13H11NO.6BrH.4ClH.5Ti/c25-21-16-15-17-9-7-8-14-20(17)22(21)23(18-10-3-1-4-11-18)24-19-12-5-2-6-13-19;1-15-9-8-14-18(20(15)22)19(16-10-4-2-5-11-16)21-17-12-6-3-7-13-17;2*1-11-6-5-7-12(14(11)16)10-15-13-8-3-2-4-9-13;15-13-9-5-4-6-11(13)10-14-12-7-2-1-3-8-12;;;;;;;;;;;;;;;/h1-16,25H;2-14,22H,1H3;2*2-10,16H,1H3;1-10,15H;10*1H;;;;;/q;;;;;;;;;;;;;;;5*+2/p-10. The maximum atomic E-state index is 10.6. The third-order valence-corrected chi connectivity index (χ3v) is 14.5. The number of para-hydroxylation sites is 9. The van der Waals surface area contributed by atoms with Crippen LogP contribution in [0.25, 0.3) is 10.8 Å². The van der Waals surface area contributed by atoms with E-state index < -0.39 is 34.1 Å². The summed E-state index contributed by atoms with van der Waals surface area (Å²) in [7, 11) is 19.6. The number of aromatic hydroxyl groups is 5. The zero-order valence-corrected chi connectivity index (χ0v) is 79.0. The number of halogens is 10. The molecule has 0 saturated heterocycles. The van der Waals surface area contributed by atoms with Crippen molar-refractivity contribution >= 4 is 185 Å². The van der Waals surface area contributed by atoms with Crippen LogP contribution in [0.3, 0.4) is 0 Å². The Bertz CT molecular complexity index is 4740. The van der Waals surface area contributed by atoms with Gasteiger partial charge in [-0.3, -0.25) is 15.0 Å². The van der Waals surface area contributed by atoms with Gasteiger partial charge in [0.1, 0.15) is 28.7 Å². The Hall–Kier alpha value is -4.92. The summed E-state index contributed by atoms with van der Waals surface area (Å²) in [5.74, 6) is 1.35. The van der Waals surface area contributed by atoms with Gasteiger partial charge in [0.25, 0.3) is 0 Å². The summed E-state index contributed by atoms with van der Waals surface area (Å²) in [6.45, 7) is 5.63. The van der Waals surface area contributed by atoms with Crippen LogP contribution in [0.2, 0.25) is 0 Å². The molecule has 0 spiro atoms. The second-order valence-corrected chi connectivity index (χ2v) is 50.5. The number of rotatable bonds is 12. The second-order valence-electron chi connectivity index (χ2n) is 21.7. The summed E-state index contributed by atoms with van der Waals surface area (Å²) in [6, 6.07) is 104. The van der Waals surface area contributed by atoms with E-state index in [4.69, 9.17) is 47.2 Å². The van der Waals surface area contributed by atoms with Crippen LogP contribution >= 0.6 is 116 Å². The molecule has 0 fully saturated rings. The van der Waals surface area contributed by atoms with Crippen LogP contribution in [0.1, 0.15) is 55.6 Å². The van der Waals surface area contributed by atoms with Crippen LogP contribution in [0.5, 0.6) is 28.7 Å². The van der Waals surface area contributed by atoms with E-state index in [1.54, 1.807) is 36.8 Å². The van der Waals surface area contributed by atoms with Gasteiger partial charge in [0.2, 0.25) is 0 Å². The second kappa shape index (κ2) is 59.7. The predicted octanol–water partition coefficient (Wildman–Crippen LogP) is 28.4. The Labute approximate surface area is 737 Å². The third-order valence-electron chi connectivity index (χ3n) is 14.5. The SMILES string of the molecule is Cc1cccc(C(=Nc2ccccc2)c2ccccc2)c1O.Cc1cccc(C=Nc2ccccc2)c1O.Cc1cccc(C=Nc2ccccc2)c1O.Oc1ccc2ccccc2c1C(=Nc1ccccc1)c1ccccc1.Oc1ccccc1C=Nc1ccccc1.[Br][Ti][Br].[Br][Ti][Br].[Br][Ti][Br].[Cl][Ti][Cl].[Cl][Ti][Cl]. The predicted molar refractivity (Wildman–Crippen MR) is 467 cm³/mol. The number of hydrogen-bond acceptors (Lipinski definition) is 10. The van der Waals surface area contributed by atoms with E-state index in [9.17, 15) is 25.5 Å². The molecule has 10 nitrogen and oxygen atoms in total. The van der Waals surface area contributed by atoms with Gasteiger partial charge in [-0.2, -0.15) is 0 Å². The molecule has 13 aromatic rings. The van der Waals surface area contributed by atoms with Gasteiger partial charge in [0, 0.05) is 52.0 Å². The molecule has 0 aliphatic heterocycles. The maximum absolute atomic E-state index is 10.6. The Morgan fingerprint density at radius 2 is 0.587 bits per heavy atom. The summed E-state index contributed by atoms with van der Waals surface area (Å²) < 4.78 is 0. The van der Waals surface area contributed by atoms with Gasteiger partial charge in [-0.05, 0) is 145 Å². The van der Waals surface area contributed by atoms with Crippen LogP contribution in [0.4, 0.5) is 28.4 Å². The van der Waals surface area contributed by atoms with Crippen LogP contribution in [0, 0.1) is 20.8 Å². The quantitative estimate of drug-likeness (QED) is 0.0607. The Morgan fingerprint density at radius 1 is 0.294 bits per heavy atom. The summed E-state index contributed by atoms with van der Waals surface area (Å²) in [5.41, 5.74) is 14.1. The van der Waals surface area contributed by atoms with Crippen molar-refractivity contribution in [2.75, 3.05) is 0 Å². The summed E-state index contributed by atoms with van der Waals surface area (Å²) in [6.07, 6.45) is 5.01. The molecule has 5 N–H and O–H groups in total. The van der Waals surface area contributed by atoms with Crippen molar-refractivity contribution in [3.63, 3.8) is 0 Å². The third kappa shape index (κ3) is 37.7. The molecule has 0 atom stereocenters. The summed E-state index contributed by atoms with van der Waals surface area (Å²) >= 11 is 18.4. The average Bonchev–Trinajstić information content (AvgIpc) is 0.780. The van der Waals surface area contributed by atoms with Crippen molar-refractivity contribution in [1.82, 2.24) is 0 Å². The molecule has 0 heterocycles. The Kier molecular flexibility index (Phi) is 52.9. The Balaban J connectivity index is 0.000000278. The molecule has 0 amide bonds. The molecule has 13 rings (SSSR count). The van der Waals surface area contributed by atoms with Crippen molar-refractivity contribution in [1.29, 1.82) is 0 Å². The molecule has 13 aromatic carbocycles. The number of aryl methyl sites for hydroxylation is 3. The normalized spacial score (nSPS) is 10.2. The minimum atomic E-state index is -0.556. The molecular weight excluding hydrogens is 2020 g/mol. The number of nitrogens with zero attached hydrogens (tertiary/aromatic N) is 5.